The zero-order chi connectivity index (χ0) is 7.54. The summed E-state index contributed by atoms with van der Waals surface area (Å²) in [6, 6.07) is 0. The predicted octanol–water partition coefficient (Wildman–Crippen LogP) is -1.40. The summed E-state index contributed by atoms with van der Waals surface area (Å²) < 4.78 is 4.63. The Hall–Kier alpha value is -0.160. The summed E-state index contributed by atoms with van der Waals surface area (Å²) in [4.78, 5) is 0. The van der Waals surface area contributed by atoms with Gasteiger partial charge < -0.3 is 20.1 Å². The molecule has 0 aromatic rings. The van der Waals surface area contributed by atoms with Crippen LogP contribution in [0, 0.1) is 0 Å². The molecule has 58 valence electrons. The van der Waals surface area contributed by atoms with Gasteiger partial charge in [-0.05, 0) is 0 Å². The quantitative estimate of drug-likeness (QED) is 0.418. The van der Waals surface area contributed by atoms with E-state index in [4.69, 9.17) is 15.3 Å². The van der Waals surface area contributed by atoms with Crippen LogP contribution in [0.1, 0.15) is 0 Å². The third-order valence-electron chi connectivity index (χ3n) is 0.471. The van der Waals surface area contributed by atoms with E-state index < -0.39 is 0 Å². The fraction of sp³-hybridized carbons (Fsp3) is 1.00. The van der Waals surface area contributed by atoms with E-state index in [1.54, 1.807) is 0 Å². The summed E-state index contributed by atoms with van der Waals surface area (Å²) in [5.74, 6) is 0. The van der Waals surface area contributed by atoms with Crippen molar-refractivity contribution in [2.24, 2.45) is 0 Å². The summed E-state index contributed by atoms with van der Waals surface area (Å²) in [6.07, 6.45) is 0. The Kier molecular flexibility index (Phi) is 20.2. The summed E-state index contributed by atoms with van der Waals surface area (Å²) in [5, 5.41) is 23.2. The molecule has 4 nitrogen and oxygen atoms in total. The van der Waals surface area contributed by atoms with Crippen LogP contribution < -0.4 is 0 Å². The highest BCUT2D eigenvalue weighted by atomic mass is 16.5. The van der Waals surface area contributed by atoms with Crippen LogP contribution >= 0.6 is 0 Å². The molecule has 0 saturated carbocycles. The second-order valence-electron chi connectivity index (χ2n) is 1.06. The van der Waals surface area contributed by atoms with Crippen molar-refractivity contribution in [2.75, 3.05) is 33.5 Å². The van der Waals surface area contributed by atoms with Crippen LogP contribution in [-0.4, -0.2) is 48.9 Å². The molecule has 0 aliphatic carbocycles. The Morgan fingerprint density at radius 3 is 1.56 bits per heavy atom. The lowest BCUT2D eigenvalue weighted by atomic mass is 10.7. The van der Waals surface area contributed by atoms with Crippen LogP contribution in [0.3, 0.4) is 0 Å². The van der Waals surface area contributed by atoms with Crippen LogP contribution in [0.2, 0.25) is 0 Å². The number of aliphatic hydroxyl groups is 3. The van der Waals surface area contributed by atoms with Gasteiger partial charge in [-0.25, -0.2) is 0 Å². The molecule has 0 atom stereocenters. The minimum atomic E-state index is 0.0278. The van der Waals surface area contributed by atoms with Crippen molar-refractivity contribution >= 4 is 0 Å². The first-order valence-electron chi connectivity index (χ1n) is 2.66. The van der Waals surface area contributed by atoms with Gasteiger partial charge in [0, 0.05) is 7.11 Å². The molecule has 0 bridgehead atoms. The van der Waals surface area contributed by atoms with E-state index in [0.29, 0.717) is 13.2 Å². The lowest BCUT2D eigenvalue weighted by Gasteiger charge is -1.94. The lowest BCUT2D eigenvalue weighted by Crippen LogP contribution is -2.03. The van der Waals surface area contributed by atoms with Gasteiger partial charge in [-0.3, -0.25) is 0 Å². The molecule has 0 aliphatic rings. The van der Waals surface area contributed by atoms with Crippen molar-refractivity contribution in [2.45, 2.75) is 0 Å². The second kappa shape index (κ2) is 15.7. The highest BCUT2D eigenvalue weighted by Gasteiger charge is 1.79. The van der Waals surface area contributed by atoms with Crippen LogP contribution in [0.5, 0.6) is 0 Å². The molecule has 0 aliphatic heterocycles. The molecule has 3 N–H and O–H groups in total. The van der Waals surface area contributed by atoms with Crippen molar-refractivity contribution < 1.29 is 20.1 Å². The van der Waals surface area contributed by atoms with Gasteiger partial charge in [0.05, 0.1) is 26.4 Å². The minimum Gasteiger partial charge on any atom is -0.400 e. The number of ether oxygens (including phenoxy) is 1. The van der Waals surface area contributed by atoms with E-state index >= 15 is 0 Å². The van der Waals surface area contributed by atoms with Crippen LogP contribution in [0.15, 0.2) is 0 Å². The van der Waals surface area contributed by atoms with Gasteiger partial charge in [0.15, 0.2) is 0 Å². The highest BCUT2D eigenvalue weighted by Crippen LogP contribution is 1.68. The summed E-state index contributed by atoms with van der Waals surface area (Å²) in [6.45, 7) is 0.696. The third-order valence-corrected chi connectivity index (χ3v) is 0.471. The van der Waals surface area contributed by atoms with Gasteiger partial charge >= 0.3 is 0 Å². The summed E-state index contributed by atoms with van der Waals surface area (Å²) in [7, 11) is 1.00. The van der Waals surface area contributed by atoms with Gasteiger partial charge in [0.2, 0.25) is 0 Å². The molecule has 0 aromatic heterocycles. The number of hydrogen-bond acceptors (Lipinski definition) is 4. The predicted molar refractivity (Wildman–Crippen MR) is 33.1 cm³/mol. The van der Waals surface area contributed by atoms with E-state index in [1.807, 2.05) is 0 Å². The first kappa shape index (κ1) is 11.6. The largest absolute Gasteiger partial charge is 0.400 e. The van der Waals surface area contributed by atoms with E-state index in [0.717, 1.165) is 7.11 Å². The number of aliphatic hydroxyl groups excluding tert-OH is 3. The average Bonchev–Trinajstić information content (AvgIpc) is 1.94. The molecule has 9 heavy (non-hydrogen) atoms. The van der Waals surface area contributed by atoms with Gasteiger partial charge in [-0.1, -0.05) is 0 Å². The van der Waals surface area contributed by atoms with Crippen molar-refractivity contribution in [1.82, 2.24) is 0 Å². The van der Waals surface area contributed by atoms with Crippen LogP contribution in [0.25, 0.3) is 0 Å². The first-order valence-corrected chi connectivity index (χ1v) is 2.66. The maximum Gasteiger partial charge on any atom is 0.0698 e. The van der Waals surface area contributed by atoms with Crippen LogP contribution in [0.4, 0.5) is 0 Å². The first-order chi connectivity index (χ1) is 4.41. The lowest BCUT2D eigenvalue weighted by molar-refractivity contribution is 0.0650. The fourth-order valence-corrected chi connectivity index (χ4v) is 0.231. The standard InChI is InChI=1S/C4H10O3.CH4O/c5-1-3-7-4-2-6;1-2/h5-6H,1-4H2;2H,1H3. The van der Waals surface area contributed by atoms with Gasteiger partial charge in [0.1, 0.15) is 0 Å². The summed E-state index contributed by atoms with van der Waals surface area (Å²) >= 11 is 0. The fourth-order valence-electron chi connectivity index (χ4n) is 0.231. The Bertz CT molecular complexity index is 28.1. The van der Waals surface area contributed by atoms with E-state index in [2.05, 4.69) is 4.74 Å². The number of rotatable bonds is 4. The number of hydrogen-bond donors (Lipinski definition) is 3. The van der Waals surface area contributed by atoms with Crippen molar-refractivity contribution in [3.8, 4) is 0 Å². The molecule has 0 aromatic carbocycles. The maximum absolute atomic E-state index is 8.09. The van der Waals surface area contributed by atoms with E-state index in [1.165, 1.54) is 0 Å². The Balaban J connectivity index is 0. The molecule has 0 amide bonds. The zero-order valence-corrected chi connectivity index (χ0v) is 5.58. The molecule has 0 heterocycles. The van der Waals surface area contributed by atoms with Crippen molar-refractivity contribution in [3.05, 3.63) is 0 Å². The Labute approximate surface area is 54.7 Å². The van der Waals surface area contributed by atoms with Gasteiger partial charge in [-0.2, -0.15) is 0 Å². The molecule has 0 rings (SSSR count). The molecular weight excluding hydrogens is 124 g/mol. The average molecular weight is 138 g/mol. The van der Waals surface area contributed by atoms with Crippen molar-refractivity contribution in [1.29, 1.82) is 0 Å². The molecule has 0 spiro atoms. The molecular formula is C5H14O4. The smallest absolute Gasteiger partial charge is 0.0698 e. The summed E-state index contributed by atoms with van der Waals surface area (Å²) in [5.41, 5.74) is 0. The molecule has 0 unspecified atom stereocenters. The minimum absolute atomic E-state index is 0.0278. The SMILES string of the molecule is CO.OCCOCCO. The maximum atomic E-state index is 8.09. The highest BCUT2D eigenvalue weighted by molar-refractivity contribution is 4.24. The molecule has 0 fully saturated rings. The molecule has 0 radical (unpaired) electrons. The monoisotopic (exact) mass is 138 g/mol. The van der Waals surface area contributed by atoms with Gasteiger partial charge in [-0.15, -0.1) is 0 Å². The van der Waals surface area contributed by atoms with Crippen molar-refractivity contribution in [3.63, 3.8) is 0 Å². The zero-order valence-electron chi connectivity index (χ0n) is 5.58. The van der Waals surface area contributed by atoms with Crippen LogP contribution in [-0.2, 0) is 4.74 Å². The molecule has 0 saturated heterocycles. The van der Waals surface area contributed by atoms with E-state index in [9.17, 15) is 0 Å². The van der Waals surface area contributed by atoms with Gasteiger partial charge in [0.25, 0.3) is 0 Å². The van der Waals surface area contributed by atoms with E-state index in [-0.39, 0.29) is 13.2 Å². The topological polar surface area (TPSA) is 69.9 Å². The normalized spacial score (nSPS) is 8.00. The Morgan fingerprint density at radius 2 is 1.33 bits per heavy atom. The third kappa shape index (κ3) is 18.1. The Morgan fingerprint density at radius 1 is 1.00 bits per heavy atom. The second-order valence-corrected chi connectivity index (χ2v) is 1.06. The molecule has 4 heteroatoms.